The fourth-order valence-electron chi connectivity index (χ4n) is 1.65. The zero-order valence-electron chi connectivity index (χ0n) is 7.68. The van der Waals surface area contributed by atoms with Gasteiger partial charge in [0.2, 0.25) is 5.91 Å². The van der Waals surface area contributed by atoms with Crippen LogP contribution in [0, 0.1) is 5.92 Å². The molecule has 0 aliphatic carbocycles. The van der Waals surface area contributed by atoms with Crippen LogP contribution in [-0.4, -0.2) is 18.5 Å². The van der Waals surface area contributed by atoms with Crippen molar-refractivity contribution in [2.24, 2.45) is 11.7 Å². The Hall–Kier alpha value is -0.570. The quantitative estimate of drug-likeness (QED) is 0.653. The van der Waals surface area contributed by atoms with Gasteiger partial charge >= 0.3 is 0 Å². The summed E-state index contributed by atoms with van der Waals surface area (Å²) >= 11 is 0. The molecule has 1 fully saturated rings. The SMILES string of the molecule is CC1CCC(CCCN)C(=O)N1. The third-order valence-electron chi connectivity index (χ3n) is 2.46. The first-order chi connectivity index (χ1) is 5.74. The Morgan fingerprint density at radius 1 is 1.58 bits per heavy atom. The van der Waals surface area contributed by atoms with Crippen LogP contribution in [-0.2, 0) is 4.79 Å². The summed E-state index contributed by atoms with van der Waals surface area (Å²) in [4.78, 5) is 11.4. The first-order valence-corrected chi connectivity index (χ1v) is 4.74. The maximum absolute atomic E-state index is 11.4. The number of nitrogens with two attached hydrogens (primary N) is 1. The Kier molecular flexibility index (Phi) is 3.53. The van der Waals surface area contributed by atoms with Crippen LogP contribution in [0.1, 0.15) is 32.6 Å². The molecular formula is C9H18N2O. The molecule has 3 N–H and O–H groups in total. The summed E-state index contributed by atoms with van der Waals surface area (Å²) in [7, 11) is 0. The van der Waals surface area contributed by atoms with Crippen molar-refractivity contribution in [1.82, 2.24) is 5.32 Å². The first kappa shape index (κ1) is 9.52. The monoisotopic (exact) mass is 170 g/mol. The van der Waals surface area contributed by atoms with E-state index in [-0.39, 0.29) is 11.8 Å². The van der Waals surface area contributed by atoms with Gasteiger partial charge < -0.3 is 11.1 Å². The third-order valence-corrected chi connectivity index (χ3v) is 2.46. The summed E-state index contributed by atoms with van der Waals surface area (Å²) in [5, 5.41) is 2.96. The Bertz CT molecular complexity index is 157. The maximum atomic E-state index is 11.4. The van der Waals surface area contributed by atoms with Crippen LogP contribution < -0.4 is 11.1 Å². The number of rotatable bonds is 3. The highest BCUT2D eigenvalue weighted by atomic mass is 16.2. The number of nitrogens with one attached hydrogen (secondary N) is 1. The second kappa shape index (κ2) is 4.45. The fraction of sp³-hybridized carbons (Fsp3) is 0.889. The van der Waals surface area contributed by atoms with E-state index in [1.54, 1.807) is 0 Å². The highest BCUT2D eigenvalue weighted by molar-refractivity contribution is 5.79. The van der Waals surface area contributed by atoms with Crippen molar-refractivity contribution >= 4 is 5.91 Å². The van der Waals surface area contributed by atoms with E-state index in [4.69, 9.17) is 5.73 Å². The average Bonchev–Trinajstić information content (AvgIpc) is 2.03. The standard InChI is InChI=1S/C9H18N2O/c1-7-4-5-8(3-2-6-10)9(12)11-7/h7-8H,2-6,10H2,1H3,(H,11,12). The van der Waals surface area contributed by atoms with Crippen LogP contribution in [0.25, 0.3) is 0 Å². The van der Waals surface area contributed by atoms with Crippen LogP contribution in [0.4, 0.5) is 0 Å². The molecule has 0 radical (unpaired) electrons. The number of hydrogen-bond donors (Lipinski definition) is 2. The summed E-state index contributed by atoms with van der Waals surface area (Å²) in [5.74, 6) is 0.451. The molecule has 2 unspecified atom stereocenters. The number of hydrogen-bond acceptors (Lipinski definition) is 2. The predicted octanol–water partition coefficient (Wildman–Crippen LogP) is 0.640. The molecule has 0 saturated carbocycles. The lowest BCUT2D eigenvalue weighted by atomic mass is 9.91. The minimum absolute atomic E-state index is 0.224. The van der Waals surface area contributed by atoms with E-state index in [0.717, 1.165) is 25.7 Å². The second-order valence-corrected chi connectivity index (χ2v) is 3.61. The van der Waals surface area contributed by atoms with Crippen LogP contribution >= 0.6 is 0 Å². The highest BCUT2D eigenvalue weighted by Gasteiger charge is 2.24. The van der Waals surface area contributed by atoms with Gasteiger partial charge in [0.05, 0.1) is 0 Å². The van der Waals surface area contributed by atoms with Gasteiger partial charge in [-0.1, -0.05) is 0 Å². The molecule has 0 spiro atoms. The number of piperidine rings is 1. The minimum atomic E-state index is 0.224. The lowest BCUT2D eigenvalue weighted by Gasteiger charge is -2.26. The highest BCUT2D eigenvalue weighted by Crippen LogP contribution is 2.19. The van der Waals surface area contributed by atoms with Crippen molar-refractivity contribution in [3.8, 4) is 0 Å². The molecule has 3 nitrogen and oxygen atoms in total. The number of carbonyl (C=O) groups is 1. The molecule has 0 aromatic heterocycles. The summed E-state index contributed by atoms with van der Waals surface area (Å²) in [6.45, 7) is 2.75. The first-order valence-electron chi connectivity index (χ1n) is 4.74. The predicted molar refractivity (Wildman–Crippen MR) is 48.6 cm³/mol. The largest absolute Gasteiger partial charge is 0.353 e. The summed E-state index contributed by atoms with van der Waals surface area (Å²) in [6.07, 6.45) is 4.06. The van der Waals surface area contributed by atoms with Crippen molar-refractivity contribution in [3.63, 3.8) is 0 Å². The normalized spacial score (nSPS) is 30.0. The molecule has 1 aliphatic heterocycles. The molecule has 1 heterocycles. The molecule has 3 heteroatoms. The van der Waals surface area contributed by atoms with Gasteiger partial charge in [0.15, 0.2) is 0 Å². The Morgan fingerprint density at radius 2 is 2.33 bits per heavy atom. The van der Waals surface area contributed by atoms with E-state index in [9.17, 15) is 4.79 Å². The van der Waals surface area contributed by atoms with E-state index < -0.39 is 0 Å². The van der Waals surface area contributed by atoms with Crippen molar-refractivity contribution in [3.05, 3.63) is 0 Å². The van der Waals surface area contributed by atoms with Gasteiger partial charge in [0.25, 0.3) is 0 Å². The maximum Gasteiger partial charge on any atom is 0.223 e. The molecular weight excluding hydrogens is 152 g/mol. The van der Waals surface area contributed by atoms with Crippen molar-refractivity contribution in [2.45, 2.75) is 38.6 Å². The molecule has 0 bridgehead atoms. The van der Waals surface area contributed by atoms with Crippen LogP contribution in [0.2, 0.25) is 0 Å². The van der Waals surface area contributed by atoms with Gasteiger partial charge in [-0.3, -0.25) is 4.79 Å². The molecule has 0 aromatic rings. The Balaban J connectivity index is 2.30. The Labute approximate surface area is 73.7 Å². The minimum Gasteiger partial charge on any atom is -0.353 e. The smallest absolute Gasteiger partial charge is 0.223 e. The molecule has 1 aliphatic rings. The fourth-order valence-corrected chi connectivity index (χ4v) is 1.65. The van der Waals surface area contributed by atoms with Crippen molar-refractivity contribution in [2.75, 3.05) is 6.54 Å². The van der Waals surface area contributed by atoms with Crippen LogP contribution in [0.5, 0.6) is 0 Å². The van der Waals surface area contributed by atoms with Crippen LogP contribution in [0.15, 0.2) is 0 Å². The zero-order chi connectivity index (χ0) is 8.97. The van der Waals surface area contributed by atoms with E-state index >= 15 is 0 Å². The molecule has 70 valence electrons. The lowest BCUT2D eigenvalue weighted by Crippen LogP contribution is -2.42. The molecule has 1 saturated heterocycles. The van der Waals surface area contributed by atoms with Crippen LogP contribution in [0.3, 0.4) is 0 Å². The van der Waals surface area contributed by atoms with Crippen molar-refractivity contribution < 1.29 is 4.79 Å². The number of carbonyl (C=O) groups excluding carboxylic acids is 1. The van der Waals surface area contributed by atoms with Gasteiger partial charge in [-0.15, -0.1) is 0 Å². The number of amides is 1. The third kappa shape index (κ3) is 2.48. The van der Waals surface area contributed by atoms with Crippen molar-refractivity contribution in [1.29, 1.82) is 0 Å². The van der Waals surface area contributed by atoms with Gasteiger partial charge in [0, 0.05) is 12.0 Å². The second-order valence-electron chi connectivity index (χ2n) is 3.61. The van der Waals surface area contributed by atoms with E-state index in [1.807, 2.05) is 0 Å². The summed E-state index contributed by atoms with van der Waals surface area (Å²) in [6, 6.07) is 0.367. The molecule has 0 aromatic carbocycles. The summed E-state index contributed by atoms with van der Waals surface area (Å²) < 4.78 is 0. The van der Waals surface area contributed by atoms with Gasteiger partial charge in [0.1, 0.15) is 0 Å². The molecule has 2 atom stereocenters. The Morgan fingerprint density at radius 3 is 2.92 bits per heavy atom. The van der Waals surface area contributed by atoms with E-state index in [1.165, 1.54) is 0 Å². The lowest BCUT2D eigenvalue weighted by molar-refractivity contribution is -0.127. The molecule has 1 amide bonds. The topological polar surface area (TPSA) is 55.1 Å². The molecule has 1 rings (SSSR count). The van der Waals surface area contributed by atoms with Gasteiger partial charge in [-0.2, -0.15) is 0 Å². The van der Waals surface area contributed by atoms with E-state index in [0.29, 0.717) is 12.6 Å². The van der Waals surface area contributed by atoms with Gasteiger partial charge in [-0.05, 0) is 39.2 Å². The average molecular weight is 170 g/mol. The summed E-state index contributed by atoms with van der Waals surface area (Å²) in [5.41, 5.74) is 5.39. The molecule has 12 heavy (non-hydrogen) atoms. The van der Waals surface area contributed by atoms with E-state index in [2.05, 4.69) is 12.2 Å². The van der Waals surface area contributed by atoms with Gasteiger partial charge in [-0.25, -0.2) is 0 Å². The zero-order valence-corrected chi connectivity index (χ0v) is 7.68.